The molecule has 1 atom stereocenters. The lowest BCUT2D eigenvalue weighted by atomic mass is 10.1. The molecule has 0 saturated carbocycles. The Hall–Kier alpha value is -4.13. The number of carbonyl (C=O) groups is 1. The second-order valence-electron chi connectivity index (χ2n) is 7.30. The van der Waals surface area contributed by atoms with Crippen molar-refractivity contribution >= 4 is 22.6 Å². The molecule has 5 rings (SSSR count). The SMILES string of the molecule is O=C1N[C@@H](c2ccccc2)CNc2c1c(=O)n(OCc1ccccc1)c1ncccc21. The Labute approximate surface area is 178 Å². The highest BCUT2D eigenvalue weighted by atomic mass is 16.7. The first-order valence-corrected chi connectivity index (χ1v) is 10.0. The van der Waals surface area contributed by atoms with Gasteiger partial charge in [0, 0.05) is 18.1 Å². The van der Waals surface area contributed by atoms with Crippen LogP contribution in [-0.4, -0.2) is 22.2 Å². The zero-order valence-corrected chi connectivity index (χ0v) is 16.6. The number of hydrogen-bond acceptors (Lipinski definition) is 5. The number of amides is 1. The van der Waals surface area contributed by atoms with Crippen LogP contribution >= 0.6 is 0 Å². The monoisotopic (exact) mass is 412 g/mol. The molecule has 7 nitrogen and oxygen atoms in total. The molecule has 0 saturated heterocycles. The van der Waals surface area contributed by atoms with Gasteiger partial charge in [0.05, 0.1) is 11.7 Å². The Bertz CT molecular complexity index is 1300. The molecule has 0 radical (unpaired) electrons. The van der Waals surface area contributed by atoms with Crippen molar-refractivity contribution in [2.75, 3.05) is 11.9 Å². The fourth-order valence-electron chi connectivity index (χ4n) is 3.79. The van der Waals surface area contributed by atoms with Crippen LogP contribution in [-0.2, 0) is 6.61 Å². The molecule has 0 aliphatic carbocycles. The van der Waals surface area contributed by atoms with Crippen LogP contribution in [0.1, 0.15) is 27.5 Å². The summed E-state index contributed by atoms with van der Waals surface area (Å²) in [6.45, 7) is 0.619. The maximum absolute atomic E-state index is 13.4. The van der Waals surface area contributed by atoms with Gasteiger partial charge in [0.15, 0.2) is 5.65 Å². The van der Waals surface area contributed by atoms with E-state index in [1.807, 2.05) is 66.7 Å². The molecule has 0 fully saturated rings. The predicted molar refractivity (Wildman–Crippen MR) is 118 cm³/mol. The molecule has 31 heavy (non-hydrogen) atoms. The molecular weight excluding hydrogens is 392 g/mol. The Kier molecular flexibility index (Phi) is 4.84. The highest BCUT2D eigenvalue weighted by molar-refractivity contribution is 6.07. The summed E-state index contributed by atoms with van der Waals surface area (Å²) in [5.41, 5.74) is 2.17. The van der Waals surface area contributed by atoms with Crippen molar-refractivity contribution < 1.29 is 9.63 Å². The summed E-state index contributed by atoms with van der Waals surface area (Å²) in [5, 5.41) is 6.91. The second kappa shape index (κ2) is 7.95. The van der Waals surface area contributed by atoms with Crippen LogP contribution in [0.3, 0.4) is 0 Å². The van der Waals surface area contributed by atoms with Crippen molar-refractivity contribution in [3.05, 3.63) is 106 Å². The minimum atomic E-state index is -0.546. The molecule has 0 bridgehead atoms. The Morgan fingerprint density at radius 3 is 2.48 bits per heavy atom. The molecule has 2 aromatic heterocycles. The van der Waals surface area contributed by atoms with Gasteiger partial charge in [-0.3, -0.25) is 9.59 Å². The molecule has 1 amide bonds. The summed E-state index contributed by atoms with van der Waals surface area (Å²) in [7, 11) is 0. The Morgan fingerprint density at radius 2 is 1.71 bits per heavy atom. The fourth-order valence-corrected chi connectivity index (χ4v) is 3.79. The first kappa shape index (κ1) is 18.9. The summed E-state index contributed by atoms with van der Waals surface area (Å²) >= 11 is 0. The molecule has 154 valence electrons. The van der Waals surface area contributed by atoms with Crippen molar-refractivity contribution in [3.63, 3.8) is 0 Å². The number of anilines is 1. The largest absolute Gasteiger partial charge is 0.404 e. The van der Waals surface area contributed by atoms with Gasteiger partial charge in [-0.25, -0.2) is 4.98 Å². The zero-order chi connectivity index (χ0) is 21.2. The molecule has 1 aliphatic rings. The van der Waals surface area contributed by atoms with E-state index in [1.165, 1.54) is 0 Å². The van der Waals surface area contributed by atoms with Gasteiger partial charge in [-0.1, -0.05) is 60.7 Å². The topological polar surface area (TPSA) is 85.2 Å². The number of benzene rings is 2. The van der Waals surface area contributed by atoms with E-state index in [0.29, 0.717) is 23.3 Å². The summed E-state index contributed by atoms with van der Waals surface area (Å²) in [5.74, 6) is -0.443. The van der Waals surface area contributed by atoms with Crippen LogP contribution in [0.4, 0.5) is 5.69 Å². The normalized spacial score (nSPS) is 15.5. The van der Waals surface area contributed by atoms with E-state index >= 15 is 0 Å². The van der Waals surface area contributed by atoms with Gasteiger partial charge in [0.2, 0.25) is 0 Å². The van der Waals surface area contributed by atoms with Crippen molar-refractivity contribution in [1.29, 1.82) is 0 Å². The molecule has 2 N–H and O–H groups in total. The van der Waals surface area contributed by atoms with E-state index in [2.05, 4.69) is 15.6 Å². The van der Waals surface area contributed by atoms with Gasteiger partial charge in [-0.05, 0) is 23.3 Å². The average molecular weight is 412 g/mol. The smallest absolute Gasteiger partial charge is 0.300 e. The molecule has 2 aromatic carbocycles. The highest BCUT2D eigenvalue weighted by Gasteiger charge is 2.29. The van der Waals surface area contributed by atoms with Crippen LogP contribution in [0.5, 0.6) is 0 Å². The maximum atomic E-state index is 13.4. The summed E-state index contributed by atoms with van der Waals surface area (Å²) < 4.78 is 1.12. The van der Waals surface area contributed by atoms with Crippen LogP contribution in [0.15, 0.2) is 83.8 Å². The quantitative estimate of drug-likeness (QED) is 0.538. The predicted octanol–water partition coefficient (Wildman–Crippen LogP) is 2.92. The number of pyridine rings is 2. The summed E-state index contributed by atoms with van der Waals surface area (Å²) in [6, 6.07) is 22.5. The third-order valence-electron chi connectivity index (χ3n) is 5.32. The third-order valence-corrected chi connectivity index (χ3v) is 5.32. The van der Waals surface area contributed by atoms with Crippen LogP contribution in [0, 0.1) is 0 Å². The van der Waals surface area contributed by atoms with Gasteiger partial charge in [0.1, 0.15) is 12.2 Å². The first-order chi connectivity index (χ1) is 15.2. The van der Waals surface area contributed by atoms with Crippen LogP contribution in [0.25, 0.3) is 11.0 Å². The third kappa shape index (κ3) is 3.50. The van der Waals surface area contributed by atoms with E-state index in [9.17, 15) is 9.59 Å². The number of fused-ring (bicyclic) bond motifs is 3. The summed E-state index contributed by atoms with van der Waals surface area (Å²) in [6.07, 6.45) is 1.60. The van der Waals surface area contributed by atoms with E-state index in [1.54, 1.807) is 12.3 Å². The van der Waals surface area contributed by atoms with E-state index in [4.69, 9.17) is 4.84 Å². The second-order valence-corrected chi connectivity index (χ2v) is 7.30. The minimum absolute atomic E-state index is 0.0204. The average Bonchev–Trinajstić information content (AvgIpc) is 2.99. The number of rotatable bonds is 4. The fraction of sp³-hybridized carbons (Fsp3) is 0.125. The van der Waals surface area contributed by atoms with Gasteiger partial charge in [0.25, 0.3) is 11.5 Å². The zero-order valence-electron chi connectivity index (χ0n) is 16.6. The Morgan fingerprint density at radius 1 is 0.968 bits per heavy atom. The van der Waals surface area contributed by atoms with Crippen molar-refractivity contribution in [2.45, 2.75) is 12.6 Å². The lowest BCUT2D eigenvalue weighted by molar-refractivity contribution is 0.0893. The number of nitrogens with one attached hydrogen (secondary N) is 2. The number of nitrogens with zero attached hydrogens (tertiary/aromatic N) is 2. The van der Waals surface area contributed by atoms with Crippen molar-refractivity contribution in [2.24, 2.45) is 0 Å². The van der Waals surface area contributed by atoms with Gasteiger partial charge in [-0.15, -0.1) is 4.73 Å². The lowest BCUT2D eigenvalue weighted by Gasteiger charge is -2.16. The first-order valence-electron chi connectivity index (χ1n) is 10.0. The molecule has 0 unspecified atom stereocenters. The summed E-state index contributed by atoms with van der Waals surface area (Å²) in [4.78, 5) is 36.7. The Balaban J connectivity index is 1.59. The van der Waals surface area contributed by atoms with Crippen molar-refractivity contribution in [3.8, 4) is 0 Å². The molecule has 4 aromatic rings. The van der Waals surface area contributed by atoms with Crippen LogP contribution < -0.4 is 21.0 Å². The standard InChI is InChI=1S/C24H20N4O3/c29-23-20-21(26-14-19(27-23)17-10-5-2-6-11-17)18-12-7-13-25-22(18)28(24(20)30)31-15-16-8-3-1-4-9-16/h1-13,19,26H,14-15H2,(H,27,29)/t19-/m1/s1. The molecule has 1 aliphatic heterocycles. The van der Waals surface area contributed by atoms with Gasteiger partial charge < -0.3 is 15.5 Å². The number of hydrogen-bond donors (Lipinski definition) is 2. The minimum Gasteiger partial charge on any atom is -0.404 e. The number of aromatic nitrogens is 2. The number of carbonyl (C=O) groups excluding carboxylic acids is 1. The van der Waals surface area contributed by atoms with Gasteiger partial charge >= 0.3 is 0 Å². The molecule has 3 heterocycles. The maximum Gasteiger partial charge on any atom is 0.300 e. The molecule has 0 spiro atoms. The van der Waals surface area contributed by atoms with Crippen molar-refractivity contribution in [1.82, 2.24) is 15.0 Å². The molecule has 7 heteroatoms. The highest BCUT2D eigenvalue weighted by Crippen LogP contribution is 2.27. The lowest BCUT2D eigenvalue weighted by Crippen LogP contribution is -2.36. The van der Waals surface area contributed by atoms with E-state index in [-0.39, 0.29) is 18.2 Å². The van der Waals surface area contributed by atoms with Crippen LogP contribution in [0.2, 0.25) is 0 Å². The van der Waals surface area contributed by atoms with E-state index < -0.39 is 11.5 Å². The molecular formula is C24H20N4O3. The van der Waals surface area contributed by atoms with Gasteiger partial charge in [-0.2, -0.15) is 0 Å². The van der Waals surface area contributed by atoms with E-state index in [0.717, 1.165) is 15.9 Å².